The molecule has 2 amide bonds. The molecule has 0 bridgehead atoms. The summed E-state index contributed by atoms with van der Waals surface area (Å²) >= 11 is 0. The number of carbonyl (C=O) groups excluding carboxylic acids is 1. The molecule has 5 nitrogen and oxygen atoms in total. The maximum Gasteiger partial charge on any atom is 0.319 e. The van der Waals surface area contributed by atoms with E-state index in [2.05, 4.69) is 20.6 Å². The molecule has 0 unspecified atom stereocenters. The molecule has 5 heteroatoms. The first-order valence-corrected chi connectivity index (χ1v) is 8.09. The lowest BCUT2D eigenvalue weighted by atomic mass is 10.1. The number of aryl methyl sites for hydroxylation is 2. The number of nitrogens with zero attached hydrogens (tertiary/aromatic N) is 2. The van der Waals surface area contributed by atoms with Crippen LogP contribution in [0.3, 0.4) is 0 Å². The summed E-state index contributed by atoms with van der Waals surface area (Å²) < 4.78 is 0. The number of benzene rings is 1. The molecule has 2 aromatic heterocycles. The van der Waals surface area contributed by atoms with Gasteiger partial charge in [0.2, 0.25) is 0 Å². The Morgan fingerprint density at radius 3 is 2.68 bits per heavy atom. The number of aromatic nitrogens is 2. The Morgan fingerprint density at radius 1 is 1.04 bits per heavy atom. The van der Waals surface area contributed by atoms with E-state index in [1.54, 1.807) is 18.6 Å². The third-order valence-electron chi connectivity index (χ3n) is 4.00. The number of rotatable bonds is 4. The van der Waals surface area contributed by atoms with Crippen molar-refractivity contribution in [1.82, 2.24) is 15.3 Å². The molecule has 0 aliphatic heterocycles. The number of carbonyl (C=O) groups is 1. The average molecular weight is 332 g/mol. The monoisotopic (exact) mass is 332 g/mol. The summed E-state index contributed by atoms with van der Waals surface area (Å²) in [6.07, 6.45) is 5.23. The molecular formula is C20H20N4O. The van der Waals surface area contributed by atoms with E-state index in [1.165, 1.54) is 5.56 Å². The zero-order valence-electron chi connectivity index (χ0n) is 14.3. The standard InChI is InChI=1S/C20H20N4O/c1-14-5-6-18(10-15(14)2)24-20(25)23-12-16-7-9-22-19(11-16)17-4-3-8-21-13-17/h3-11,13H,12H2,1-2H3,(H2,23,24,25). The van der Waals surface area contributed by atoms with Gasteiger partial charge in [0.1, 0.15) is 0 Å². The summed E-state index contributed by atoms with van der Waals surface area (Å²) in [5.74, 6) is 0. The molecule has 126 valence electrons. The Balaban J connectivity index is 1.61. The fourth-order valence-corrected chi connectivity index (χ4v) is 2.43. The van der Waals surface area contributed by atoms with Gasteiger partial charge >= 0.3 is 6.03 Å². The van der Waals surface area contributed by atoms with Gasteiger partial charge in [-0.3, -0.25) is 9.97 Å². The lowest BCUT2D eigenvalue weighted by molar-refractivity contribution is 0.251. The number of urea groups is 1. The van der Waals surface area contributed by atoms with Gasteiger partial charge in [-0.25, -0.2) is 4.79 Å². The second-order valence-corrected chi connectivity index (χ2v) is 5.90. The highest BCUT2D eigenvalue weighted by Crippen LogP contribution is 2.16. The summed E-state index contributed by atoms with van der Waals surface area (Å²) in [7, 11) is 0. The Morgan fingerprint density at radius 2 is 1.92 bits per heavy atom. The first-order valence-electron chi connectivity index (χ1n) is 8.09. The van der Waals surface area contributed by atoms with Gasteiger partial charge in [0.15, 0.2) is 0 Å². The normalized spacial score (nSPS) is 10.3. The molecule has 0 aliphatic rings. The van der Waals surface area contributed by atoms with Crippen molar-refractivity contribution in [2.75, 3.05) is 5.32 Å². The third kappa shape index (κ3) is 4.41. The highest BCUT2D eigenvalue weighted by atomic mass is 16.2. The van der Waals surface area contributed by atoms with Crippen LogP contribution in [-0.4, -0.2) is 16.0 Å². The van der Waals surface area contributed by atoms with Crippen LogP contribution < -0.4 is 10.6 Å². The van der Waals surface area contributed by atoms with E-state index in [-0.39, 0.29) is 6.03 Å². The molecule has 0 radical (unpaired) electrons. The molecule has 3 aromatic rings. The van der Waals surface area contributed by atoms with E-state index in [4.69, 9.17) is 0 Å². The lowest BCUT2D eigenvalue weighted by Crippen LogP contribution is -2.28. The van der Waals surface area contributed by atoms with Crippen LogP contribution >= 0.6 is 0 Å². The summed E-state index contributed by atoms with van der Waals surface area (Å²) in [6, 6.07) is 13.3. The Kier molecular flexibility index (Phi) is 5.04. The zero-order valence-corrected chi connectivity index (χ0v) is 14.3. The van der Waals surface area contributed by atoms with Crippen molar-refractivity contribution in [3.8, 4) is 11.3 Å². The van der Waals surface area contributed by atoms with Crippen LogP contribution in [0.5, 0.6) is 0 Å². The van der Waals surface area contributed by atoms with E-state index in [0.717, 1.165) is 28.1 Å². The van der Waals surface area contributed by atoms with Crippen molar-refractivity contribution in [1.29, 1.82) is 0 Å². The van der Waals surface area contributed by atoms with E-state index in [1.807, 2.05) is 56.3 Å². The Labute approximate surface area is 147 Å². The van der Waals surface area contributed by atoms with Crippen LogP contribution in [0.25, 0.3) is 11.3 Å². The maximum atomic E-state index is 12.1. The number of hydrogen-bond acceptors (Lipinski definition) is 3. The largest absolute Gasteiger partial charge is 0.334 e. The maximum absolute atomic E-state index is 12.1. The average Bonchev–Trinajstić information content (AvgIpc) is 2.64. The van der Waals surface area contributed by atoms with Gasteiger partial charge in [0.05, 0.1) is 5.69 Å². The molecule has 2 heterocycles. The highest BCUT2D eigenvalue weighted by Gasteiger charge is 2.05. The molecule has 0 aliphatic carbocycles. The quantitative estimate of drug-likeness (QED) is 0.756. The Hall–Kier alpha value is -3.21. The van der Waals surface area contributed by atoms with E-state index in [0.29, 0.717) is 6.54 Å². The number of nitrogens with one attached hydrogen (secondary N) is 2. The second-order valence-electron chi connectivity index (χ2n) is 5.90. The van der Waals surface area contributed by atoms with E-state index >= 15 is 0 Å². The van der Waals surface area contributed by atoms with Crippen LogP contribution in [0.4, 0.5) is 10.5 Å². The number of pyridine rings is 2. The minimum absolute atomic E-state index is 0.233. The fourth-order valence-electron chi connectivity index (χ4n) is 2.43. The van der Waals surface area contributed by atoms with Crippen LogP contribution in [0.1, 0.15) is 16.7 Å². The van der Waals surface area contributed by atoms with Gasteiger partial charge in [-0.05, 0) is 66.9 Å². The summed E-state index contributed by atoms with van der Waals surface area (Å²) in [5, 5.41) is 5.72. The molecule has 1 aromatic carbocycles. The third-order valence-corrected chi connectivity index (χ3v) is 4.00. The SMILES string of the molecule is Cc1ccc(NC(=O)NCc2ccnc(-c3cccnc3)c2)cc1C. The van der Waals surface area contributed by atoms with Crippen molar-refractivity contribution >= 4 is 11.7 Å². The zero-order chi connectivity index (χ0) is 17.6. The number of anilines is 1. The van der Waals surface area contributed by atoms with Crippen molar-refractivity contribution in [2.45, 2.75) is 20.4 Å². The van der Waals surface area contributed by atoms with Gasteiger partial charge in [-0.1, -0.05) is 6.07 Å². The molecule has 3 rings (SSSR count). The topological polar surface area (TPSA) is 66.9 Å². The van der Waals surface area contributed by atoms with Crippen LogP contribution in [0.2, 0.25) is 0 Å². The molecule has 2 N–H and O–H groups in total. The molecule has 0 spiro atoms. The summed E-state index contributed by atoms with van der Waals surface area (Å²) in [4.78, 5) is 20.5. The Bertz CT molecular complexity index is 878. The van der Waals surface area contributed by atoms with Crippen LogP contribution in [-0.2, 0) is 6.54 Å². The van der Waals surface area contributed by atoms with E-state index in [9.17, 15) is 4.79 Å². The second kappa shape index (κ2) is 7.57. The van der Waals surface area contributed by atoms with Crippen LogP contribution in [0.15, 0.2) is 61.1 Å². The van der Waals surface area contributed by atoms with Crippen molar-refractivity contribution in [3.63, 3.8) is 0 Å². The van der Waals surface area contributed by atoms with E-state index < -0.39 is 0 Å². The highest BCUT2D eigenvalue weighted by molar-refractivity contribution is 5.89. The molecular weight excluding hydrogens is 312 g/mol. The first-order chi connectivity index (χ1) is 12.1. The lowest BCUT2D eigenvalue weighted by Gasteiger charge is -2.10. The van der Waals surface area contributed by atoms with Crippen molar-refractivity contribution in [2.24, 2.45) is 0 Å². The smallest absolute Gasteiger partial charge is 0.319 e. The predicted octanol–water partition coefficient (Wildman–Crippen LogP) is 4.08. The molecule has 0 saturated carbocycles. The summed E-state index contributed by atoms with van der Waals surface area (Å²) in [6.45, 7) is 4.49. The van der Waals surface area contributed by atoms with Crippen LogP contribution in [0, 0.1) is 13.8 Å². The van der Waals surface area contributed by atoms with Gasteiger partial charge in [0, 0.05) is 36.4 Å². The fraction of sp³-hybridized carbons (Fsp3) is 0.150. The molecule has 0 fully saturated rings. The molecule has 0 atom stereocenters. The van der Waals surface area contributed by atoms with Gasteiger partial charge < -0.3 is 10.6 Å². The van der Waals surface area contributed by atoms with Crippen molar-refractivity contribution < 1.29 is 4.79 Å². The predicted molar refractivity (Wildman–Crippen MR) is 99.2 cm³/mol. The van der Waals surface area contributed by atoms with Gasteiger partial charge in [0.25, 0.3) is 0 Å². The molecule has 25 heavy (non-hydrogen) atoms. The van der Waals surface area contributed by atoms with Gasteiger partial charge in [-0.2, -0.15) is 0 Å². The van der Waals surface area contributed by atoms with Gasteiger partial charge in [-0.15, -0.1) is 0 Å². The van der Waals surface area contributed by atoms with Crippen molar-refractivity contribution in [3.05, 3.63) is 77.7 Å². The first kappa shape index (κ1) is 16.6. The number of hydrogen-bond donors (Lipinski definition) is 2. The minimum Gasteiger partial charge on any atom is -0.334 e. The molecule has 0 saturated heterocycles. The minimum atomic E-state index is -0.233. The summed E-state index contributed by atoms with van der Waals surface area (Å²) in [5.41, 5.74) is 5.89. The number of amides is 2.